The summed E-state index contributed by atoms with van der Waals surface area (Å²) in [6.45, 7) is 1.70. The summed E-state index contributed by atoms with van der Waals surface area (Å²) in [4.78, 5) is 21.9. The summed E-state index contributed by atoms with van der Waals surface area (Å²) in [5.74, 6) is -2.57. The van der Waals surface area contributed by atoms with Crippen molar-refractivity contribution in [2.24, 2.45) is 11.7 Å². The van der Waals surface area contributed by atoms with Gasteiger partial charge in [-0.2, -0.15) is 13.2 Å². The molecule has 1 atom stereocenters. The van der Waals surface area contributed by atoms with Crippen LogP contribution < -0.4 is 11.1 Å². The first kappa shape index (κ1) is 16.8. The summed E-state index contributed by atoms with van der Waals surface area (Å²) in [5.41, 5.74) is 3.96. The summed E-state index contributed by atoms with van der Waals surface area (Å²) in [6.07, 6.45) is -4.31. The number of halogens is 3. The normalized spacial score (nSPS) is 12.8. The third-order valence-electron chi connectivity index (χ3n) is 2.93. The van der Waals surface area contributed by atoms with Gasteiger partial charge in [0.2, 0.25) is 0 Å². The number of nitrogens with one attached hydrogen (secondary N) is 1. The predicted molar refractivity (Wildman–Crippen MR) is 69.9 cm³/mol. The number of rotatable bonds is 6. The maximum atomic E-state index is 12.6. The van der Waals surface area contributed by atoms with Gasteiger partial charge in [0.1, 0.15) is 0 Å². The first-order valence-corrected chi connectivity index (χ1v) is 6.10. The van der Waals surface area contributed by atoms with Crippen molar-refractivity contribution in [3.05, 3.63) is 29.3 Å². The number of anilines is 1. The molecule has 0 spiro atoms. The minimum Gasteiger partial charge on any atom is -0.481 e. The summed E-state index contributed by atoms with van der Waals surface area (Å²) < 4.78 is 37.7. The van der Waals surface area contributed by atoms with Crippen molar-refractivity contribution in [2.45, 2.75) is 19.5 Å². The lowest BCUT2D eigenvalue weighted by Crippen LogP contribution is -2.19. The van der Waals surface area contributed by atoms with Gasteiger partial charge >= 0.3 is 12.1 Å². The van der Waals surface area contributed by atoms with Gasteiger partial charge in [-0.05, 0) is 24.6 Å². The Labute approximate surface area is 118 Å². The number of hydrogen-bond acceptors (Lipinski definition) is 3. The van der Waals surface area contributed by atoms with Crippen LogP contribution >= 0.6 is 0 Å². The molecule has 0 aliphatic heterocycles. The largest absolute Gasteiger partial charge is 0.481 e. The molecular weight excluding hydrogens is 289 g/mol. The van der Waals surface area contributed by atoms with Gasteiger partial charge < -0.3 is 16.2 Å². The van der Waals surface area contributed by atoms with Crippen molar-refractivity contribution in [3.63, 3.8) is 0 Å². The Kier molecular flexibility index (Phi) is 5.17. The zero-order chi connectivity index (χ0) is 16.2. The second-order valence-corrected chi connectivity index (χ2v) is 4.58. The van der Waals surface area contributed by atoms with Crippen molar-refractivity contribution in [2.75, 3.05) is 11.9 Å². The van der Waals surface area contributed by atoms with Crippen molar-refractivity contribution < 1.29 is 27.9 Å². The molecule has 0 bridgehead atoms. The van der Waals surface area contributed by atoms with Crippen molar-refractivity contribution in [1.82, 2.24) is 0 Å². The van der Waals surface area contributed by atoms with E-state index in [1.54, 1.807) is 0 Å². The summed E-state index contributed by atoms with van der Waals surface area (Å²) in [7, 11) is 0. The lowest BCUT2D eigenvalue weighted by molar-refractivity contribution is -0.141. The smallest absolute Gasteiger partial charge is 0.416 e. The lowest BCUT2D eigenvalue weighted by Gasteiger charge is -2.14. The number of alkyl halides is 3. The Bertz CT molecular complexity index is 544. The third kappa shape index (κ3) is 4.66. The number of carbonyl (C=O) groups is 2. The van der Waals surface area contributed by atoms with Crippen LogP contribution in [-0.4, -0.2) is 23.5 Å². The lowest BCUT2D eigenvalue weighted by atomic mass is 10.1. The molecule has 4 N–H and O–H groups in total. The average Bonchev–Trinajstić information content (AvgIpc) is 2.37. The van der Waals surface area contributed by atoms with Crippen LogP contribution in [0.5, 0.6) is 0 Å². The SMILES string of the molecule is CC(CCNc1ccc(C(F)(F)F)cc1C(N)=O)C(=O)O. The zero-order valence-corrected chi connectivity index (χ0v) is 11.2. The summed E-state index contributed by atoms with van der Waals surface area (Å²) in [6, 6.07) is 2.61. The molecule has 1 amide bonds. The minimum atomic E-state index is -4.57. The Morgan fingerprint density at radius 3 is 2.48 bits per heavy atom. The third-order valence-corrected chi connectivity index (χ3v) is 2.93. The van der Waals surface area contributed by atoms with Crippen LogP contribution in [-0.2, 0) is 11.0 Å². The molecule has 0 radical (unpaired) electrons. The Hall–Kier alpha value is -2.25. The second-order valence-electron chi connectivity index (χ2n) is 4.58. The topological polar surface area (TPSA) is 92.4 Å². The van der Waals surface area contributed by atoms with E-state index < -0.39 is 29.5 Å². The molecule has 0 aliphatic carbocycles. The van der Waals surface area contributed by atoms with Gasteiger partial charge in [0.25, 0.3) is 5.91 Å². The monoisotopic (exact) mass is 304 g/mol. The molecule has 21 heavy (non-hydrogen) atoms. The quantitative estimate of drug-likeness (QED) is 0.752. The molecule has 0 aromatic heterocycles. The van der Waals surface area contributed by atoms with E-state index in [1.807, 2.05) is 0 Å². The van der Waals surface area contributed by atoms with E-state index in [-0.39, 0.29) is 24.2 Å². The molecule has 116 valence electrons. The molecule has 5 nitrogen and oxygen atoms in total. The van der Waals surface area contributed by atoms with E-state index in [2.05, 4.69) is 5.32 Å². The van der Waals surface area contributed by atoms with Crippen LogP contribution in [0.4, 0.5) is 18.9 Å². The Morgan fingerprint density at radius 2 is 2.00 bits per heavy atom. The van der Waals surface area contributed by atoms with Crippen LogP contribution in [0.25, 0.3) is 0 Å². The van der Waals surface area contributed by atoms with Crippen molar-refractivity contribution in [3.8, 4) is 0 Å². The number of nitrogens with two attached hydrogens (primary N) is 1. The highest BCUT2D eigenvalue weighted by Gasteiger charge is 2.31. The Balaban J connectivity index is 2.88. The van der Waals surface area contributed by atoms with E-state index in [1.165, 1.54) is 6.92 Å². The molecule has 1 unspecified atom stereocenters. The van der Waals surface area contributed by atoms with Gasteiger partial charge in [-0.15, -0.1) is 0 Å². The zero-order valence-electron chi connectivity index (χ0n) is 11.2. The van der Waals surface area contributed by atoms with E-state index in [4.69, 9.17) is 10.8 Å². The second kappa shape index (κ2) is 6.47. The van der Waals surface area contributed by atoms with Crippen molar-refractivity contribution in [1.29, 1.82) is 0 Å². The fourth-order valence-electron chi connectivity index (χ4n) is 1.63. The molecule has 1 rings (SSSR count). The van der Waals surface area contributed by atoms with Gasteiger partial charge in [-0.1, -0.05) is 6.92 Å². The van der Waals surface area contributed by atoms with Crippen LogP contribution in [0.2, 0.25) is 0 Å². The van der Waals surface area contributed by atoms with E-state index in [0.717, 1.165) is 12.1 Å². The minimum absolute atomic E-state index is 0.146. The molecule has 0 saturated carbocycles. The number of primary amides is 1. The Morgan fingerprint density at radius 1 is 1.38 bits per heavy atom. The van der Waals surface area contributed by atoms with Gasteiger partial charge in [-0.3, -0.25) is 9.59 Å². The van der Waals surface area contributed by atoms with E-state index in [0.29, 0.717) is 6.07 Å². The highest BCUT2D eigenvalue weighted by Crippen LogP contribution is 2.31. The average molecular weight is 304 g/mol. The van der Waals surface area contributed by atoms with Crippen LogP contribution in [0.1, 0.15) is 29.3 Å². The fraction of sp³-hybridized carbons (Fsp3) is 0.385. The van der Waals surface area contributed by atoms with Gasteiger partial charge in [-0.25, -0.2) is 0 Å². The number of carboxylic acid groups (broad SMARTS) is 1. The molecule has 0 saturated heterocycles. The molecule has 1 aromatic rings. The molecule has 0 fully saturated rings. The van der Waals surface area contributed by atoms with Gasteiger partial charge in [0, 0.05) is 12.2 Å². The molecule has 0 heterocycles. The maximum absolute atomic E-state index is 12.6. The van der Waals surface area contributed by atoms with Crippen LogP contribution in [0.15, 0.2) is 18.2 Å². The molecule has 1 aromatic carbocycles. The van der Waals surface area contributed by atoms with E-state index >= 15 is 0 Å². The highest BCUT2D eigenvalue weighted by atomic mass is 19.4. The standard InChI is InChI=1S/C13H15F3N2O3/c1-7(12(20)21)4-5-18-10-3-2-8(13(14,15)16)6-9(10)11(17)19/h2-3,6-7,18H,4-5H2,1H3,(H2,17,19)(H,20,21). The summed E-state index contributed by atoms with van der Waals surface area (Å²) in [5, 5.41) is 11.4. The fourth-order valence-corrected chi connectivity index (χ4v) is 1.63. The van der Waals surface area contributed by atoms with Crippen LogP contribution in [0, 0.1) is 5.92 Å². The summed E-state index contributed by atoms with van der Waals surface area (Å²) >= 11 is 0. The number of hydrogen-bond donors (Lipinski definition) is 3. The first-order valence-electron chi connectivity index (χ1n) is 6.10. The first-order chi connectivity index (χ1) is 9.62. The van der Waals surface area contributed by atoms with Crippen LogP contribution in [0.3, 0.4) is 0 Å². The number of carbonyl (C=O) groups excluding carboxylic acids is 1. The number of amides is 1. The van der Waals surface area contributed by atoms with E-state index in [9.17, 15) is 22.8 Å². The molecule has 8 heteroatoms. The molecule has 0 aliphatic rings. The number of aliphatic carboxylic acids is 1. The number of benzene rings is 1. The van der Waals surface area contributed by atoms with Gasteiger partial charge in [0.15, 0.2) is 0 Å². The highest BCUT2D eigenvalue weighted by molar-refractivity contribution is 5.98. The maximum Gasteiger partial charge on any atom is 0.416 e. The van der Waals surface area contributed by atoms with Crippen molar-refractivity contribution >= 4 is 17.6 Å². The molecular formula is C13H15F3N2O3. The number of carboxylic acids is 1. The van der Waals surface area contributed by atoms with Gasteiger partial charge in [0.05, 0.1) is 17.0 Å². The predicted octanol–water partition coefficient (Wildman–Crippen LogP) is 2.33.